The molecule has 1 aliphatic rings. The molecular formula is C18H17F3N2O2S. The number of hydrogen-bond donors (Lipinski definition) is 2. The zero-order valence-electron chi connectivity index (χ0n) is 13.7. The number of alkyl halides is 3. The average Bonchev–Trinajstić information content (AvgIpc) is 3.01. The highest BCUT2D eigenvalue weighted by Crippen LogP contribution is 2.34. The first kappa shape index (κ1) is 18.4. The first-order chi connectivity index (χ1) is 12.3. The molecular weight excluding hydrogens is 365 g/mol. The number of hydrogen-bond acceptors (Lipinski definition) is 3. The molecule has 138 valence electrons. The van der Waals surface area contributed by atoms with Gasteiger partial charge in [0.15, 0.2) is 0 Å². The average molecular weight is 382 g/mol. The normalized spacial score (nSPS) is 14.6. The third kappa shape index (κ3) is 4.24. The quantitative estimate of drug-likeness (QED) is 0.803. The molecule has 0 bridgehead atoms. The number of carbonyl (C=O) groups excluding carboxylic acids is 2. The Morgan fingerprint density at radius 2 is 1.96 bits per heavy atom. The van der Waals surface area contributed by atoms with E-state index in [1.54, 1.807) is 24.3 Å². The zero-order chi connectivity index (χ0) is 18.7. The summed E-state index contributed by atoms with van der Waals surface area (Å²) in [7, 11) is 0. The molecule has 0 radical (unpaired) electrons. The first-order valence-electron chi connectivity index (χ1n) is 8.16. The van der Waals surface area contributed by atoms with Crippen molar-refractivity contribution in [3.05, 3.63) is 51.7 Å². The van der Waals surface area contributed by atoms with Crippen LogP contribution in [-0.2, 0) is 17.5 Å². The van der Waals surface area contributed by atoms with Crippen molar-refractivity contribution in [2.75, 3.05) is 5.32 Å². The van der Waals surface area contributed by atoms with Gasteiger partial charge < -0.3 is 10.6 Å². The fraction of sp³-hybridized carbons (Fsp3) is 0.333. The lowest BCUT2D eigenvalue weighted by molar-refractivity contribution is -0.137. The Balaban J connectivity index is 1.61. The summed E-state index contributed by atoms with van der Waals surface area (Å²) < 4.78 is 38.6. The van der Waals surface area contributed by atoms with Gasteiger partial charge in [-0.3, -0.25) is 9.59 Å². The van der Waals surface area contributed by atoms with Crippen LogP contribution >= 0.6 is 11.3 Å². The van der Waals surface area contributed by atoms with Gasteiger partial charge in [0.25, 0.3) is 5.91 Å². The van der Waals surface area contributed by atoms with E-state index in [9.17, 15) is 22.8 Å². The predicted octanol–water partition coefficient (Wildman–Crippen LogP) is 4.44. The number of carbonyl (C=O) groups is 2. The lowest BCUT2D eigenvalue weighted by Crippen LogP contribution is -2.28. The van der Waals surface area contributed by atoms with Crippen molar-refractivity contribution in [3.8, 4) is 0 Å². The molecule has 3 rings (SSSR count). The molecule has 0 spiro atoms. The van der Waals surface area contributed by atoms with Gasteiger partial charge in [-0.05, 0) is 30.5 Å². The van der Waals surface area contributed by atoms with E-state index >= 15 is 0 Å². The fourth-order valence-corrected chi connectivity index (χ4v) is 3.48. The van der Waals surface area contributed by atoms with E-state index in [-0.39, 0.29) is 23.9 Å². The van der Waals surface area contributed by atoms with E-state index in [2.05, 4.69) is 10.6 Å². The van der Waals surface area contributed by atoms with Crippen molar-refractivity contribution in [1.29, 1.82) is 0 Å². The van der Waals surface area contributed by atoms with Crippen LogP contribution < -0.4 is 10.6 Å². The Hall–Kier alpha value is -2.35. The van der Waals surface area contributed by atoms with Crippen LogP contribution in [0.4, 0.5) is 18.9 Å². The summed E-state index contributed by atoms with van der Waals surface area (Å²) in [6, 6.07) is 6.90. The molecule has 1 fully saturated rings. The lowest BCUT2D eigenvalue weighted by Gasteiger charge is -2.24. The van der Waals surface area contributed by atoms with E-state index in [0.29, 0.717) is 11.3 Å². The van der Waals surface area contributed by atoms with Crippen molar-refractivity contribution in [2.24, 2.45) is 5.92 Å². The van der Waals surface area contributed by atoms with E-state index in [4.69, 9.17) is 0 Å². The Morgan fingerprint density at radius 3 is 2.62 bits per heavy atom. The molecule has 8 heteroatoms. The summed E-state index contributed by atoms with van der Waals surface area (Å²) in [6.45, 7) is 0.0686. The minimum Gasteiger partial charge on any atom is -0.348 e. The highest BCUT2D eigenvalue weighted by Gasteiger charge is 2.35. The maximum atomic E-state index is 12.9. The van der Waals surface area contributed by atoms with Gasteiger partial charge in [0.2, 0.25) is 5.91 Å². The van der Waals surface area contributed by atoms with Crippen LogP contribution in [0.15, 0.2) is 35.0 Å². The number of benzene rings is 1. The molecule has 1 aromatic heterocycles. The van der Waals surface area contributed by atoms with Crippen LogP contribution in [0.25, 0.3) is 0 Å². The highest BCUT2D eigenvalue weighted by molar-refractivity contribution is 7.08. The van der Waals surface area contributed by atoms with Gasteiger partial charge >= 0.3 is 6.18 Å². The van der Waals surface area contributed by atoms with Crippen LogP contribution in [0.1, 0.15) is 40.7 Å². The summed E-state index contributed by atoms with van der Waals surface area (Å²) in [4.78, 5) is 24.0. The van der Waals surface area contributed by atoms with Gasteiger partial charge in [-0.2, -0.15) is 24.5 Å². The second kappa shape index (κ2) is 7.49. The van der Waals surface area contributed by atoms with Gasteiger partial charge in [0.05, 0.1) is 11.1 Å². The molecule has 0 unspecified atom stereocenters. The molecule has 4 nitrogen and oxygen atoms in total. The standard InChI is InChI=1S/C18H17F3N2O2S/c19-18(20,21)15-10-26-9-14(15)17(25)22-8-11-3-1-6-13(7-11)23-16(24)12-4-2-5-12/h1,3,6-7,9-10,12H,2,4-5,8H2,(H,22,25)(H,23,24). The minimum absolute atomic E-state index is 0.0227. The fourth-order valence-electron chi connectivity index (χ4n) is 2.64. The Kier molecular flexibility index (Phi) is 5.31. The predicted molar refractivity (Wildman–Crippen MR) is 92.9 cm³/mol. The summed E-state index contributed by atoms with van der Waals surface area (Å²) in [5.41, 5.74) is -0.00726. The topological polar surface area (TPSA) is 58.2 Å². The molecule has 26 heavy (non-hydrogen) atoms. The summed E-state index contributed by atoms with van der Waals surface area (Å²) in [6.07, 6.45) is -1.71. The van der Waals surface area contributed by atoms with E-state index in [1.807, 2.05) is 0 Å². The van der Waals surface area contributed by atoms with Gasteiger partial charge in [-0.1, -0.05) is 18.6 Å². The van der Waals surface area contributed by atoms with Gasteiger partial charge in [-0.15, -0.1) is 0 Å². The first-order valence-corrected chi connectivity index (χ1v) is 9.10. The smallest absolute Gasteiger partial charge is 0.348 e. The number of anilines is 1. The molecule has 0 aliphatic heterocycles. The van der Waals surface area contributed by atoms with Gasteiger partial charge in [-0.25, -0.2) is 0 Å². The third-order valence-corrected chi connectivity index (χ3v) is 5.08. The van der Waals surface area contributed by atoms with Gasteiger partial charge in [0.1, 0.15) is 0 Å². The molecule has 1 saturated carbocycles. The second-order valence-corrected chi connectivity index (χ2v) is 6.94. The van der Waals surface area contributed by atoms with Crippen LogP contribution in [-0.4, -0.2) is 11.8 Å². The number of thiophene rings is 1. The number of amides is 2. The van der Waals surface area contributed by atoms with Crippen molar-refractivity contribution >= 4 is 28.8 Å². The number of halogens is 3. The molecule has 0 saturated heterocycles. The van der Waals surface area contributed by atoms with Crippen LogP contribution in [0.5, 0.6) is 0 Å². The maximum absolute atomic E-state index is 12.9. The molecule has 1 aliphatic carbocycles. The molecule has 1 heterocycles. The molecule has 2 N–H and O–H groups in total. The van der Waals surface area contributed by atoms with Crippen molar-refractivity contribution in [3.63, 3.8) is 0 Å². The summed E-state index contributed by atoms with van der Waals surface area (Å²) in [5.74, 6) is -0.745. The van der Waals surface area contributed by atoms with Crippen LogP contribution in [0.2, 0.25) is 0 Å². The number of rotatable bonds is 5. The molecule has 1 aromatic carbocycles. The lowest BCUT2D eigenvalue weighted by atomic mass is 9.85. The van der Waals surface area contributed by atoms with Crippen molar-refractivity contribution < 1.29 is 22.8 Å². The van der Waals surface area contributed by atoms with Crippen LogP contribution in [0.3, 0.4) is 0 Å². The van der Waals surface area contributed by atoms with E-state index < -0.39 is 17.6 Å². The molecule has 2 aromatic rings. The third-order valence-electron chi connectivity index (χ3n) is 4.34. The molecule has 2 amide bonds. The highest BCUT2D eigenvalue weighted by atomic mass is 32.1. The summed E-state index contributed by atoms with van der Waals surface area (Å²) in [5, 5.41) is 7.43. The van der Waals surface area contributed by atoms with Crippen molar-refractivity contribution in [2.45, 2.75) is 32.0 Å². The van der Waals surface area contributed by atoms with E-state index in [0.717, 1.165) is 36.0 Å². The van der Waals surface area contributed by atoms with Crippen LogP contribution in [0, 0.1) is 5.92 Å². The maximum Gasteiger partial charge on any atom is 0.417 e. The molecule has 0 atom stereocenters. The monoisotopic (exact) mass is 382 g/mol. The Bertz CT molecular complexity index is 813. The SMILES string of the molecule is O=C(NCc1cccc(NC(=O)C2CCC2)c1)c1cscc1C(F)(F)F. The number of nitrogens with one attached hydrogen (secondary N) is 2. The largest absolute Gasteiger partial charge is 0.417 e. The Labute approximate surface area is 152 Å². The van der Waals surface area contributed by atoms with Gasteiger partial charge in [0, 0.05) is 28.9 Å². The van der Waals surface area contributed by atoms with Crippen molar-refractivity contribution in [1.82, 2.24) is 5.32 Å². The zero-order valence-corrected chi connectivity index (χ0v) is 14.5. The second-order valence-electron chi connectivity index (χ2n) is 6.20. The summed E-state index contributed by atoms with van der Waals surface area (Å²) >= 11 is 0.834. The van der Waals surface area contributed by atoms with E-state index in [1.165, 1.54) is 5.38 Å². The minimum atomic E-state index is -4.56. The Morgan fingerprint density at radius 1 is 1.19 bits per heavy atom.